The maximum atomic E-state index is 11.6. The van der Waals surface area contributed by atoms with E-state index in [9.17, 15) is 4.79 Å². The van der Waals surface area contributed by atoms with Crippen molar-refractivity contribution in [3.8, 4) is 5.75 Å². The number of thiol groups is 1. The topological polar surface area (TPSA) is 35.5 Å². The molecule has 0 N–H and O–H groups in total. The third-order valence-corrected chi connectivity index (χ3v) is 4.83. The molecule has 21 heavy (non-hydrogen) atoms. The predicted octanol–water partition coefficient (Wildman–Crippen LogP) is 4.12. The van der Waals surface area contributed by atoms with Crippen LogP contribution in [0, 0.1) is 5.41 Å². The number of hydrogen-bond donors (Lipinski definition) is 1. The first-order valence-electron chi connectivity index (χ1n) is 7.70. The Morgan fingerprint density at radius 2 is 1.86 bits per heavy atom. The Morgan fingerprint density at radius 1 is 1.19 bits per heavy atom. The van der Waals surface area contributed by atoms with Crippen molar-refractivity contribution in [2.24, 2.45) is 5.41 Å². The summed E-state index contributed by atoms with van der Waals surface area (Å²) in [5.74, 6) is 1.38. The Morgan fingerprint density at radius 3 is 2.43 bits per heavy atom. The van der Waals surface area contributed by atoms with Crippen LogP contribution in [0.4, 0.5) is 0 Å². The van der Waals surface area contributed by atoms with Crippen LogP contribution in [0.15, 0.2) is 24.3 Å². The molecule has 1 fully saturated rings. The van der Waals surface area contributed by atoms with E-state index in [0.717, 1.165) is 11.5 Å². The van der Waals surface area contributed by atoms with Crippen molar-refractivity contribution >= 4 is 18.6 Å². The molecule has 0 unspecified atom stereocenters. The van der Waals surface area contributed by atoms with Gasteiger partial charge in [-0.1, -0.05) is 19.3 Å². The quantitative estimate of drug-likeness (QED) is 0.634. The SMILES string of the molecule is CCOC(=O)c1ccc(OCC2(CS)CCCCC2)cc1. The largest absolute Gasteiger partial charge is 0.493 e. The van der Waals surface area contributed by atoms with Crippen molar-refractivity contribution in [2.75, 3.05) is 19.0 Å². The molecule has 0 amide bonds. The summed E-state index contributed by atoms with van der Waals surface area (Å²) in [5, 5.41) is 0. The minimum atomic E-state index is -0.289. The standard InChI is InChI=1S/C17H24O3S/c1-2-19-16(18)14-6-8-15(9-7-14)20-12-17(13-21)10-4-3-5-11-17/h6-9,21H,2-5,10-13H2,1H3. The molecule has 1 aromatic carbocycles. The smallest absolute Gasteiger partial charge is 0.338 e. The zero-order chi connectivity index (χ0) is 15.1. The summed E-state index contributed by atoms with van der Waals surface area (Å²) in [6, 6.07) is 7.17. The fourth-order valence-corrected chi connectivity index (χ4v) is 3.20. The lowest BCUT2D eigenvalue weighted by Gasteiger charge is -2.35. The molecule has 2 rings (SSSR count). The average Bonchev–Trinajstić information content (AvgIpc) is 2.54. The van der Waals surface area contributed by atoms with E-state index in [1.807, 2.05) is 12.1 Å². The Labute approximate surface area is 132 Å². The monoisotopic (exact) mass is 308 g/mol. The van der Waals surface area contributed by atoms with Crippen LogP contribution < -0.4 is 4.74 Å². The second-order valence-electron chi connectivity index (χ2n) is 5.75. The van der Waals surface area contributed by atoms with E-state index in [4.69, 9.17) is 9.47 Å². The second kappa shape index (κ2) is 7.74. The van der Waals surface area contributed by atoms with Crippen LogP contribution >= 0.6 is 12.6 Å². The minimum Gasteiger partial charge on any atom is -0.493 e. The first-order chi connectivity index (χ1) is 10.2. The fourth-order valence-electron chi connectivity index (χ4n) is 2.79. The molecular formula is C17H24O3S. The van der Waals surface area contributed by atoms with Gasteiger partial charge in [0.2, 0.25) is 0 Å². The molecule has 0 aliphatic heterocycles. The molecule has 0 heterocycles. The normalized spacial score (nSPS) is 17.2. The van der Waals surface area contributed by atoms with Gasteiger partial charge in [-0.2, -0.15) is 12.6 Å². The van der Waals surface area contributed by atoms with Crippen molar-refractivity contribution in [1.82, 2.24) is 0 Å². The van der Waals surface area contributed by atoms with Gasteiger partial charge in [0.1, 0.15) is 5.75 Å². The zero-order valence-electron chi connectivity index (χ0n) is 12.6. The molecular weight excluding hydrogens is 284 g/mol. The van der Waals surface area contributed by atoms with E-state index in [2.05, 4.69) is 12.6 Å². The number of esters is 1. The number of carbonyl (C=O) groups is 1. The van der Waals surface area contributed by atoms with Gasteiger partial charge in [-0.15, -0.1) is 0 Å². The van der Waals surface area contributed by atoms with Crippen LogP contribution in [0.25, 0.3) is 0 Å². The summed E-state index contributed by atoms with van der Waals surface area (Å²) in [6.45, 7) is 2.90. The Hall–Kier alpha value is -1.16. The van der Waals surface area contributed by atoms with Gasteiger partial charge in [-0.05, 0) is 49.8 Å². The predicted molar refractivity (Wildman–Crippen MR) is 87.3 cm³/mol. The van der Waals surface area contributed by atoms with Gasteiger partial charge < -0.3 is 9.47 Å². The lowest BCUT2D eigenvalue weighted by molar-refractivity contribution is 0.0526. The molecule has 0 radical (unpaired) electrons. The molecule has 0 atom stereocenters. The molecule has 1 aliphatic rings. The second-order valence-corrected chi connectivity index (χ2v) is 6.07. The van der Waals surface area contributed by atoms with Crippen LogP contribution in [0.2, 0.25) is 0 Å². The number of benzene rings is 1. The van der Waals surface area contributed by atoms with Gasteiger partial charge in [-0.25, -0.2) is 4.79 Å². The van der Waals surface area contributed by atoms with E-state index in [-0.39, 0.29) is 11.4 Å². The molecule has 0 spiro atoms. The van der Waals surface area contributed by atoms with Crippen molar-refractivity contribution in [1.29, 1.82) is 0 Å². The minimum absolute atomic E-state index is 0.209. The van der Waals surface area contributed by atoms with Gasteiger partial charge in [0.05, 0.1) is 18.8 Å². The molecule has 116 valence electrons. The van der Waals surface area contributed by atoms with Gasteiger partial charge in [0.25, 0.3) is 0 Å². The third-order valence-electron chi connectivity index (χ3n) is 4.16. The zero-order valence-corrected chi connectivity index (χ0v) is 13.5. The Bertz CT molecular complexity index is 450. The molecule has 0 bridgehead atoms. The first kappa shape index (κ1) is 16.2. The highest BCUT2D eigenvalue weighted by Crippen LogP contribution is 2.37. The van der Waals surface area contributed by atoms with E-state index in [0.29, 0.717) is 18.8 Å². The van der Waals surface area contributed by atoms with Crippen LogP contribution in [0.3, 0.4) is 0 Å². The highest BCUT2D eigenvalue weighted by Gasteiger charge is 2.31. The molecule has 4 heteroatoms. The van der Waals surface area contributed by atoms with Crippen LogP contribution in [0.1, 0.15) is 49.4 Å². The lowest BCUT2D eigenvalue weighted by atomic mass is 9.76. The van der Waals surface area contributed by atoms with Crippen molar-refractivity contribution < 1.29 is 14.3 Å². The first-order valence-corrected chi connectivity index (χ1v) is 8.33. The maximum absolute atomic E-state index is 11.6. The highest BCUT2D eigenvalue weighted by molar-refractivity contribution is 7.80. The molecule has 1 saturated carbocycles. The van der Waals surface area contributed by atoms with Gasteiger partial charge in [0, 0.05) is 5.41 Å². The number of rotatable bonds is 6. The summed E-state index contributed by atoms with van der Waals surface area (Å²) in [4.78, 5) is 11.6. The summed E-state index contributed by atoms with van der Waals surface area (Å²) < 4.78 is 10.9. The van der Waals surface area contributed by atoms with Gasteiger partial charge >= 0.3 is 5.97 Å². The third kappa shape index (κ3) is 4.40. The fraction of sp³-hybridized carbons (Fsp3) is 0.588. The number of ether oxygens (including phenoxy) is 2. The maximum Gasteiger partial charge on any atom is 0.338 e. The molecule has 0 saturated heterocycles. The van der Waals surface area contributed by atoms with Crippen LogP contribution in [0.5, 0.6) is 5.75 Å². The van der Waals surface area contributed by atoms with Crippen molar-refractivity contribution in [3.05, 3.63) is 29.8 Å². The summed E-state index contributed by atoms with van der Waals surface area (Å²) in [7, 11) is 0. The van der Waals surface area contributed by atoms with Gasteiger partial charge in [0.15, 0.2) is 0 Å². The van der Waals surface area contributed by atoms with E-state index >= 15 is 0 Å². The van der Waals surface area contributed by atoms with Gasteiger partial charge in [-0.3, -0.25) is 0 Å². The number of hydrogen-bond acceptors (Lipinski definition) is 4. The van der Waals surface area contributed by atoms with E-state index in [1.165, 1.54) is 32.1 Å². The Kier molecular flexibility index (Phi) is 5.97. The lowest BCUT2D eigenvalue weighted by Crippen LogP contribution is -2.32. The summed E-state index contributed by atoms with van der Waals surface area (Å²) >= 11 is 4.52. The molecule has 3 nitrogen and oxygen atoms in total. The van der Waals surface area contributed by atoms with Crippen molar-refractivity contribution in [3.63, 3.8) is 0 Å². The van der Waals surface area contributed by atoms with E-state index < -0.39 is 0 Å². The summed E-state index contributed by atoms with van der Waals surface area (Å²) in [5.41, 5.74) is 0.770. The number of carbonyl (C=O) groups excluding carboxylic acids is 1. The molecule has 1 aromatic rings. The summed E-state index contributed by atoms with van der Waals surface area (Å²) in [6.07, 6.45) is 6.25. The van der Waals surface area contributed by atoms with Crippen LogP contribution in [-0.4, -0.2) is 24.9 Å². The van der Waals surface area contributed by atoms with Crippen LogP contribution in [-0.2, 0) is 4.74 Å². The molecule has 1 aliphatic carbocycles. The highest BCUT2D eigenvalue weighted by atomic mass is 32.1. The average molecular weight is 308 g/mol. The Balaban J connectivity index is 1.92. The van der Waals surface area contributed by atoms with Crippen molar-refractivity contribution in [2.45, 2.75) is 39.0 Å². The molecule has 0 aromatic heterocycles. The van der Waals surface area contributed by atoms with E-state index in [1.54, 1.807) is 19.1 Å².